The predicted molar refractivity (Wildman–Crippen MR) is 88.3 cm³/mol. The van der Waals surface area contributed by atoms with Gasteiger partial charge in [-0.15, -0.1) is 0 Å². The lowest BCUT2D eigenvalue weighted by molar-refractivity contribution is -0.142. The van der Waals surface area contributed by atoms with Crippen molar-refractivity contribution in [1.82, 2.24) is 4.83 Å². The summed E-state index contributed by atoms with van der Waals surface area (Å²) in [6, 6.07) is 14.6. The number of rotatable bonds is 7. The van der Waals surface area contributed by atoms with Crippen LogP contribution in [0.1, 0.15) is 5.56 Å². The van der Waals surface area contributed by atoms with Crippen LogP contribution in [0.15, 0.2) is 64.6 Å². The standard InChI is InChI=1S/C16H16N2O5S/c1-22-16(19)12-23-14-9-7-13(8-10-14)11-17-18-24(20,21)15-5-3-2-4-6-15/h2-11,18H,12H2,1H3/b17-11-. The first-order valence-electron chi connectivity index (χ1n) is 6.91. The largest absolute Gasteiger partial charge is 0.482 e. The number of esters is 1. The van der Waals surface area contributed by atoms with Crippen LogP contribution >= 0.6 is 0 Å². The minimum atomic E-state index is -3.68. The molecule has 0 fully saturated rings. The third-order valence-electron chi connectivity index (χ3n) is 2.90. The van der Waals surface area contributed by atoms with Crippen LogP contribution in [0.25, 0.3) is 0 Å². The number of nitrogens with one attached hydrogen (secondary N) is 1. The van der Waals surface area contributed by atoms with Crippen LogP contribution in [-0.4, -0.2) is 34.3 Å². The summed E-state index contributed by atoms with van der Waals surface area (Å²) in [5.41, 5.74) is 0.663. The molecule has 126 valence electrons. The molecular formula is C16H16N2O5S. The van der Waals surface area contributed by atoms with E-state index in [-0.39, 0.29) is 11.5 Å². The number of hydrogen-bond acceptors (Lipinski definition) is 6. The smallest absolute Gasteiger partial charge is 0.343 e. The van der Waals surface area contributed by atoms with Crippen molar-refractivity contribution in [2.24, 2.45) is 5.10 Å². The minimum absolute atomic E-state index is 0.133. The summed E-state index contributed by atoms with van der Waals surface area (Å²) in [5.74, 6) is 0.0124. The van der Waals surface area contributed by atoms with Crippen LogP contribution in [0, 0.1) is 0 Å². The highest BCUT2D eigenvalue weighted by Crippen LogP contribution is 2.11. The van der Waals surface area contributed by atoms with Crippen LogP contribution < -0.4 is 9.57 Å². The zero-order valence-electron chi connectivity index (χ0n) is 12.9. The zero-order chi connectivity index (χ0) is 17.4. The normalized spacial score (nSPS) is 11.2. The molecule has 0 aliphatic rings. The van der Waals surface area contributed by atoms with Gasteiger partial charge in [-0.25, -0.2) is 9.63 Å². The Morgan fingerprint density at radius 1 is 1.12 bits per heavy atom. The van der Waals surface area contributed by atoms with Gasteiger partial charge in [-0.3, -0.25) is 0 Å². The van der Waals surface area contributed by atoms with Crippen molar-refractivity contribution in [3.8, 4) is 5.75 Å². The van der Waals surface area contributed by atoms with Crippen LogP contribution in [0.3, 0.4) is 0 Å². The average molecular weight is 348 g/mol. The second-order valence-electron chi connectivity index (χ2n) is 4.60. The highest BCUT2D eigenvalue weighted by atomic mass is 32.2. The molecule has 24 heavy (non-hydrogen) atoms. The van der Waals surface area contributed by atoms with Gasteiger partial charge in [0.2, 0.25) is 0 Å². The Balaban J connectivity index is 1.94. The number of ether oxygens (including phenoxy) is 2. The second-order valence-corrected chi connectivity index (χ2v) is 6.26. The van der Waals surface area contributed by atoms with Crippen LogP contribution in [0.5, 0.6) is 5.75 Å². The topological polar surface area (TPSA) is 94.1 Å². The Morgan fingerprint density at radius 3 is 2.42 bits per heavy atom. The fourth-order valence-electron chi connectivity index (χ4n) is 1.67. The Bertz CT molecular complexity index is 802. The van der Waals surface area contributed by atoms with Crippen molar-refractivity contribution < 1.29 is 22.7 Å². The van der Waals surface area contributed by atoms with Crippen molar-refractivity contribution in [3.63, 3.8) is 0 Å². The van der Waals surface area contributed by atoms with Crippen molar-refractivity contribution in [2.75, 3.05) is 13.7 Å². The van der Waals surface area contributed by atoms with Gasteiger partial charge in [0.15, 0.2) is 6.61 Å². The highest BCUT2D eigenvalue weighted by Gasteiger charge is 2.10. The molecule has 0 aliphatic heterocycles. The van der Waals surface area contributed by atoms with E-state index in [2.05, 4.69) is 14.7 Å². The molecule has 0 unspecified atom stereocenters. The summed E-state index contributed by atoms with van der Waals surface area (Å²) >= 11 is 0. The molecule has 1 N–H and O–H groups in total. The number of carbonyl (C=O) groups is 1. The molecule has 0 bridgehead atoms. The molecule has 0 aromatic heterocycles. The van der Waals surface area contributed by atoms with E-state index in [4.69, 9.17) is 4.74 Å². The summed E-state index contributed by atoms with van der Waals surface area (Å²) < 4.78 is 33.6. The van der Waals surface area contributed by atoms with E-state index in [1.54, 1.807) is 42.5 Å². The molecule has 0 saturated heterocycles. The molecule has 7 nitrogen and oxygen atoms in total. The lowest BCUT2D eigenvalue weighted by Gasteiger charge is -2.05. The number of methoxy groups -OCH3 is 1. The van der Waals surface area contributed by atoms with Gasteiger partial charge >= 0.3 is 5.97 Å². The van der Waals surface area contributed by atoms with Crippen molar-refractivity contribution in [3.05, 3.63) is 60.2 Å². The molecule has 2 aromatic rings. The number of sulfonamides is 1. The van der Waals surface area contributed by atoms with E-state index in [0.29, 0.717) is 11.3 Å². The van der Waals surface area contributed by atoms with E-state index in [1.165, 1.54) is 25.5 Å². The van der Waals surface area contributed by atoms with Gasteiger partial charge in [0, 0.05) is 0 Å². The van der Waals surface area contributed by atoms with E-state index >= 15 is 0 Å². The molecule has 0 atom stereocenters. The zero-order valence-corrected chi connectivity index (χ0v) is 13.7. The maximum Gasteiger partial charge on any atom is 0.343 e. The Labute approximate surface area is 140 Å². The fourth-order valence-corrected chi connectivity index (χ4v) is 2.49. The van der Waals surface area contributed by atoms with Gasteiger partial charge in [0.05, 0.1) is 18.2 Å². The lowest BCUT2D eigenvalue weighted by atomic mass is 10.2. The predicted octanol–water partition coefficient (Wildman–Crippen LogP) is 1.55. The number of nitrogens with zero attached hydrogens (tertiary/aromatic N) is 1. The van der Waals surface area contributed by atoms with Crippen LogP contribution in [0.4, 0.5) is 0 Å². The van der Waals surface area contributed by atoms with E-state index < -0.39 is 16.0 Å². The Morgan fingerprint density at radius 2 is 1.79 bits per heavy atom. The first kappa shape index (κ1) is 17.5. The summed E-state index contributed by atoms with van der Waals surface area (Å²) in [7, 11) is -2.40. The number of hydrazone groups is 1. The summed E-state index contributed by atoms with van der Waals surface area (Å²) in [6.07, 6.45) is 1.37. The van der Waals surface area contributed by atoms with Crippen molar-refractivity contribution in [2.45, 2.75) is 4.90 Å². The molecule has 0 saturated carbocycles. The van der Waals surface area contributed by atoms with Crippen molar-refractivity contribution >= 4 is 22.2 Å². The Kier molecular flexibility index (Phi) is 5.91. The van der Waals surface area contributed by atoms with E-state index in [1.807, 2.05) is 0 Å². The fraction of sp³-hybridized carbons (Fsp3) is 0.125. The summed E-state index contributed by atoms with van der Waals surface area (Å²) in [6.45, 7) is -0.180. The number of benzene rings is 2. The molecule has 2 rings (SSSR count). The lowest BCUT2D eigenvalue weighted by Crippen LogP contribution is -2.18. The van der Waals surface area contributed by atoms with Gasteiger partial charge in [0.25, 0.3) is 10.0 Å². The minimum Gasteiger partial charge on any atom is -0.482 e. The van der Waals surface area contributed by atoms with E-state index in [0.717, 1.165) is 0 Å². The maximum atomic E-state index is 12.0. The molecule has 0 aliphatic carbocycles. The molecule has 0 spiro atoms. The molecule has 0 heterocycles. The average Bonchev–Trinajstić information content (AvgIpc) is 2.61. The molecular weight excluding hydrogens is 332 g/mol. The van der Waals surface area contributed by atoms with Gasteiger partial charge in [-0.2, -0.15) is 13.5 Å². The third kappa shape index (κ3) is 5.10. The number of carbonyl (C=O) groups excluding carboxylic acids is 1. The highest BCUT2D eigenvalue weighted by molar-refractivity contribution is 7.89. The SMILES string of the molecule is COC(=O)COc1ccc(/C=N\NS(=O)(=O)c2ccccc2)cc1. The quantitative estimate of drug-likeness (QED) is 0.465. The van der Waals surface area contributed by atoms with Gasteiger partial charge in [-0.05, 0) is 42.0 Å². The first-order chi connectivity index (χ1) is 11.5. The third-order valence-corrected chi connectivity index (χ3v) is 4.14. The van der Waals surface area contributed by atoms with Crippen LogP contribution in [0.2, 0.25) is 0 Å². The van der Waals surface area contributed by atoms with E-state index in [9.17, 15) is 13.2 Å². The number of hydrogen-bond donors (Lipinski definition) is 1. The maximum absolute atomic E-state index is 12.0. The second kappa shape index (κ2) is 8.11. The first-order valence-corrected chi connectivity index (χ1v) is 8.39. The van der Waals surface area contributed by atoms with Gasteiger partial charge in [0.1, 0.15) is 5.75 Å². The molecule has 2 aromatic carbocycles. The van der Waals surface area contributed by atoms with Crippen molar-refractivity contribution in [1.29, 1.82) is 0 Å². The molecule has 8 heteroatoms. The molecule has 0 radical (unpaired) electrons. The Hall–Kier alpha value is -2.87. The van der Waals surface area contributed by atoms with Gasteiger partial charge < -0.3 is 9.47 Å². The van der Waals surface area contributed by atoms with Crippen LogP contribution in [-0.2, 0) is 19.6 Å². The summed E-state index contributed by atoms with van der Waals surface area (Å²) in [4.78, 5) is 13.2. The monoisotopic (exact) mass is 348 g/mol. The van der Waals surface area contributed by atoms with Gasteiger partial charge in [-0.1, -0.05) is 18.2 Å². The molecule has 0 amide bonds. The summed E-state index contributed by atoms with van der Waals surface area (Å²) in [5, 5.41) is 3.73.